The summed E-state index contributed by atoms with van der Waals surface area (Å²) in [5, 5.41) is 2.75. The molecular weight excluding hydrogens is 332 g/mol. The average Bonchev–Trinajstić information content (AvgIpc) is 2.66. The van der Waals surface area contributed by atoms with E-state index in [9.17, 15) is 9.59 Å². The van der Waals surface area contributed by atoms with Gasteiger partial charge in [-0.05, 0) is 42.8 Å². The minimum Gasteiger partial charge on any atom is -0.497 e. The van der Waals surface area contributed by atoms with Crippen LogP contribution in [0.2, 0.25) is 0 Å². The number of hydrogen-bond donors (Lipinski definition) is 1. The fourth-order valence-corrected chi connectivity index (χ4v) is 2.30. The van der Waals surface area contributed by atoms with Crippen molar-refractivity contribution in [2.45, 2.75) is 12.8 Å². The largest absolute Gasteiger partial charge is 0.497 e. The van der Waals surface area contributed by atoms with E-state index in [0.29, 0.717) is 30.9 Å². The van der Waals surface area contributed by atoms with E-state index in [1.54, 1.807) is 38.4 Å². The maximum absolute atomic E-state index is 12.1. The van der Waals surface area contributed by atoms with Crippen LogP contribution in [0.15, 0.2) is 54.6 Å². The first-order valence-electron chi connectivity index (χ1n) is 8.44. The van der Waals surface area contributed by atoms with E-state index in [1.165, 1.54) is 4.90 Å². The molecule has 0 bridgehead atoms. The van der Waals surface area contributed by atoms with E-state index >= 15 is 0 Å². The normalized spacial score (nSPS) is 10.1. The maximum atomic E-state index is 12.1. The molecule has 0 aliphatic carbocycles. The van der Waals surface area contributed by atoms with Crippen LogP contribution in [-0.4, -0.2) is 44.0 Å². The Morgan fingerprint density at radius 3 is 2.35 bits per heavy atom. The molecular formula is C20H24N2O4. The van der Waals surface area contributed by atoms with Gasteiger partial charge in [0.05, 0.1) is 20.3 Å². The van der Waals surface area contributed by atoms with Crippen LogP contribution in [0.1, 0.15) is 12.8 Å². The quantitative estimate of drug-likeness (QED) is 0.702. The molecule has 6 nitrogen and oxygen atoms in total. The summed E-state index contributed by atoms with van der Waals surface area (Å²) in [4.78, 5) is 25.6. The zero-order valence-corrected chi connectivity index (χ0v) is 15.1. The van der Waals surface area contributed by atoms with Crippen LogP contribution in [0, 0.1) is 0 Å². The highest BCUT2D eigenvalue weighted by molar-refractivity contribution is 5.94. The summed E-state index contributed by atoms with van der Waals surface area (Å²) < 4.78 is 10.6. The van der Waals surface area contributed by atoms with Gasteiger partial charge in [0.25, 0.3) is 0 Å². The number of likely N-dealkylation sites (N-methyl/N-ethyl adjacent to an activating group) is 1. The number of carbonyl (C=O) groups is 2. The molecule has 0 aromatic heterocycles. The highest BCUT2D eigenvalue weighted by atomic mass is 16.5. The lowest BCUT2D eigenvalue weighted by Crippen LogP contribution is -2.34. The predicted molar refractivity (Wildman–Crippen MR) is 100 cm³/mol. The molecule has 0 fully saturated rings. The van der Waals surface area contributed by atoms with Crippen molar-refractivity contribution in [1.29, 1.82) is 0 Å². The van der Waals surface area contributed by atoms with Gasteiger partial charge in [0.2, 0.25) is 11.8 Å². The second-order valence-electron chi connectivity index (χ2n) is 5.79. The Kier molecular flexibility index (Phi) is 7.49. The number of hydrogen-bond acceptors (Lipinski definition) is 4. The van der Waals surface area contributed by atoms with Gasteiger partial charge in [-0.15, -0.1) is 0 Å². The van der Waals surface area contributed by atoms with Crippen LogP contribution in [0.5, 0.6) is 11.5 Å². The van der Waals surface area contributed by atoms with Crippen molar-refractivity contribution in [3.8, 4) is 11.5 Å². The number of ether oxygens (including phenoxy) is 2. The zero-order chi connectivity index (χ0) is 18.8. The van der Waals surface area contributed by atoms with Crippen molar-refractivity contribution in [1.82, 2.24) is 4.90 Å². The first-order valence-corrected chi connectivity index (χ1v) is 8.44. The molecule has 2 amide bonds. The number of carbonyl (C=O) groups excluding carboxylic acids is 2. The number of anilines is 1. The second kappa shape index (κ2) is 10.1. The van der Waals surface area contributed by atoms with Crippen LogP contribution in [-0.2, 0) is 9.59 Å². The summed E-state index contributed by atoms with van der Waals surface area (Å²) in [6.45, 7) is 0.464. The molecule has 0 heterocycles. The van der Waals surface area contributed by atoms with Gasteiger partial charge in [-0.2, -0.15) is 0 Å². The fraction of sp³-hybridized carbons (Fsp3) is 0.300. The zero-order valence-electron chi connectivity index (χ0n) is 15.1. The summed E-state index contributed by atoms with van der Waals surface area (Å²) in [5.74, 6) is 1.17. The van der Waals surface area contributed by atoms with E-state index in [-0.39, 0.29) is 18.4 Å². The van der Waals surface area contributed by atoms with Crippen molar-refractivity contribution < 1.29 is 19.1 Å². The standard InChI is InChI=1S/C20H24N2O4/c1-22(15-19(23)21-16-10-12-17(25-2)13-11-16)20(24)9-6-14-26-18-7-4-3-5-8-18/h3-5,7-8,10-13H,6,9,14-15H2,1-2H3,(H,21,23). The van der Waals surface area contributed by atoms with E-state index in [4.69, 9.17) is 9.47 Å². The number of nitrogens with zero attached hydrogens (tertiary/aromatic N) is 1. The number of para-hydroxylation sites is 1. The van der Waals surface area contributed by atoms with Crippen molar-refractivity contribution in [3.63, 3.8) is 0 Å². The third-order valence-corrected chi connectivity index (χ3v) is 3.73. The molecule has 2 aromatic rings. The minimum atomic E-state index is -0.244. The molecule has 138 valence electrons. The van der Waals surface area contributed by atoms with Gasteiger partial charge in [-0.3, -0.25) is 9.59 Å². The maximum Gasteiger partial charge on any atom is 0.243 e. The molecule has 0 saturated carbocycles. The molecule has 1 N–H and O–H groups in total. The van der Waals surface area contributed by atoms with Gasteiger partial charge >= 0.3 is 0 Å². The SMILES string of the molecule is COc1ccc(NC(=O)CN(C)C(=O)CCCOc2ccccc2)cc1. The van der Waals surface area contributed by atoms with Gasteiger partial charge in [-0.25, -0.2) is 0 Å². The van der Waals surface area contributed by atoms with Crippen LogP contribution in [0.3, 0.4) is 0 Å². The molecule has 2 aromatic carbocycles. The van der Waals surface area contributed by atoms with Gasteiger partial charge in [0.1, 0.15) is 11.5 Å². The number of amides is 2. The topological polar surface area (TPSA) is 67.9 Å². The minimum absolute atomic E-state index is 0.00437. The highest BCUT2D eigenvalue weighted by Crippen LogP contribution is 2.15. The van der Waals surface area contributed by atoms with E-state index in [0.717, 1.165) is 5.75 Å². The molecule has 0 atom stereocenters. The van der Waals surface area contributed by atoms with Gasteiger partial charge < -0.3 is 19.7 Å². The number of benzene rings is 2. The number of methoxy groups -OCH3 is 1. The molecule has 0 saturated heterocycles. The lowest BCUT2D eigenvalue weighted by molar-refractivity contribution is -0.133. The summed E-state index contributed by atoms with van der Waals surface area (Å²) in [6.07, 6.45) is 0.928. The first kappa shape index (κ1) is 19.3. The first-order chi connectivity index (χ1) is 12.6. The van der Waals surface area contributed by atoms with E-state index < -0.39 is 0 Å². The summed E-state index contributed by atoms with van der Waals surface area (Å²) in [6, 6.07) is 16.5. The monoisotopic (exact) mass is 356 g/mol. The molecule has 6 heteroatoms. The van der Waals surface area contributed by atoms with Crippen molar-refractivity contribution in [2.75, 3.05) is 32.6 Å². The van der Waals surface area contributed by atoms with Crippen LogP contribution < -0.4 is 14.8 Å². The predicted octanol–water partition coefficient (Wildman–Crippen LogP) is 2.95. The molecule has 0 unspecified atom stereocenters. The lowest BCUT2D eigenvalue weighted by atomic mass is 10.2. The Morgan fingerprint density at radius 2 is 1.69 bits per heavy atom. The molecule has 0 aliphatic rings. The second-order valence-corrected chi connectivity index (χ2v) is 5.79. The summed E-state index contributed by atoms with van der Waals surface area (Å²) >= 11 is 0. The molecule has 0 aliphatic heterocycles. The Hall–Kier alpha value is -3.02. The van der Waals surface area contributed by atoms with Crippen LogP contribution in [0.4, 0.5) is 5.69 Å². The molecule has 2 rings (SSSR count). The fourth-order valence-electron chi connectivity index (χ4n) is 2.30. The van der Waals surface area contributed by atoms with Gasteiger partial charge in [0, 0.05) is 19.2 Å². The highest BCUT2D eigenvalue weighted by Gasteiger charge is 2.13. The Balaban J connectivity index is 1.67. The molecule has 0 spiro atoms. The number of nitrogens with one attached hydrogen (secondary N) is 1. The smallest absolute Gasteiger partial charge is 0.243 e. The number of rotatable bonds is 9. The third-order valence-electron chi connectivity index (χ3n) is 3.73. The van der Waals surface area contributed by atoms with Gasteiger partial charge in [-0.1, -0.05) is 18.2 Å². The Morgan fingerprint density at radius 1 is 1.00 bits per heavy atom. The van der Waals surface area contributed by atoms with E-state index in [1.807, 2.05) is 30.3 Å². The van der Waals surface area contributed by atoms with E-state index in [2.05, 4.69) is 5.32 Å². The molecule has 0 radical (unpaired) electrons. The third kappa shape index (κ3) is 6.47. The average molecular weight is 356 g/mol. The van der Waals surface area contributed by atoms with Crippen molar-refractivity contribution in [3.05, 3.63) is 54.6 Å². The summed E-state index contributed by atoms with van der Waals surface area (Å²) in [7, 11) is 3.20. The van der Waals surface area contributed by atoms with Crippen molar-refractivity contribution in [2.24, 2.45) is 0 Å². The Bertz CT molecular complexity index is 702. The lowest BCUT2D eigenvalue weighted by Gasteiger charge is -2.17. The Labute approximate surface area is 153 Å². The van der Waals surface area contributed by atoms with Crippen LogP contribution >= 0.6 is 0 Å². The van der Waals surface area contributed by atoms with Crippen LogP contribution in [0.25, 0.3) is 0 Å². The van der Waals surface area contributed by atoms with Gasteiger partial charge in [0.15, 0.2) is 0 Å². The summed E-state index contributed by atoms with van der Waals surface area (Å²) in [5.41, 5.74) is 0.660. The molecule has 26 heavy (non-hydrogen) atoms. The van der Waals surface area contributed by atoms with Crippen molar-refractivity contribution >= 4 is 17.5 Å².